The first-order valence-electron chi connectivity index (χ1n) is 11.9. The third-order valence-corrected chi connectivity index (χ3v) is 7.63. The highest BCUT2D eigenvalue weighted by molar-refractivity contribution is 6.09. The molecule has 2 fully saturated rings. The third kappa shape index (κ3) is 3.93. The molecule has 5 atom stereocenters. The predicted octanol–water partition coefficient (Wildman–Crippen LogP) is 3.09. The fourth-order valence-electron chi connectivity index (χ4n) is 5.80. The second kappa shape index (κ2) is 9.57. The molecule has 0 aromatic heterocycles. The van der Waals surface area contributed by atoms with E-state index in [1.54, 1.807) is 19.1 Å². The Morgan fingerprint density at radius 2 is 1.59 bits per heavy atom. The maximum absolute atomic E-state index is 14.1. The van der Waals surface area contributed by atoms with Crippen LogP contribution in [-0.4, -0.2) is 65.8 Å². The first kappa shape index (κ1) is 28.3. The van der Waals surface area contributed by atoms with Gasteiger partial charge in [-0.3, -0.25) is 9.59 Å². The second-order valence-corrected chi connectivity index (χ2v) is 10.1. The van der Waals surface area contributed by atoms with Crippen LogP contribution >= 0.6 is 0 Å². The van der Waals surface area contributed by atoms with Crippen LogP contribution in [0.15, 0.2) is 82.6 Å². The fourth-order valence-corrected chi connectivity index (χ4v) is 5.80. The monoisotopic (exact) mass is 514 g/mol. The molecule has 0 amide bonds. The van der Waals surface area contributed by atoms with E-state index in [-0.39, 0.29) is 23.3 Å². The van der Waals surface area contributed by atoms with E-state index in [0.29, 0.717) is 0 Å². The van der Waals surface area contributed by atoms with Crippen LogP contribution < -0.4 is 0 Å². The number of carbonyl (C=O) groups is 2. The van der Waals surface area contributed by atoms with Crippen LogP contribution in [0, 0.1) is 11.3 Å². The molecule has 0 radical (unpaired) electrons. The average molecular weight is 515 g/mol. The summed E-state index contributed by atoms with van der Waals surface area (Å²) in [5.74, 6) is -7.19. The number of ketones is 2. The van der Waals surface area contributed by atoms with Crippen LogP contribution in [0.1, 0.15) is 41.0 Å². The van der Waals surface area contributed by atoms with Crippen molar-refractivity contribution in [3.05, 3.63) is 82.6 Å². The highest BCUT2D eigenvalue weighted by atomic mass is 16.7. The van der Waals surface area contributed by atoms with E-state index in [9.17, 15) is 35.1 Å². The molecule has 1 heterocycles. The minimum absolute atomic E-state index is 0.162. The summed E-state index contributed by atoms with van der Waals surface area (Å²) < 4.78 is 5.95. The van der Waals surface area contributed by atoms with Gasteiger partial charge in [0.2, 0.25) is 5.79 Å². The lowest BCUT2D eigenvalue weighted by Crippen LogP contribution is -2.68. The molecule has 3 rings (SSSR count). The number of hydrogen-bond donors (Lipinski definition) is 6. The van der Waals surface area contributed by atoms with Crippen LogP contribution in [0.3, 0.4) is 0 Å². The van der Waals surface area contributed by atoms with Gasteiger partial charge >= 0.3 is 0 Å². The second-order valence-electron chi connectivity index (χ2n) is 10.1. The molecular formula is C28H34O9. The van der Waals surface area contributed by atoms with Gasteiger partial charge in [0.1, 0.15) is 28.5 Å². The van der Waals surface area contributed by atoms with Crippen molar-refractivity contribution in [2.45, 2.75) is 58.0 Å². The van der Waals surface area contributed by atoms with Gasteiger partial charge in [-0.1, -0.05) is 36.5 Å². The number of rotatable bonds is 5. The Hall–Kier alpha value is -3.24. The average Bonchev–Trinajstić information content (AvgIpc) is 3.04. The van der Waals surface area contributed by atoms with Crippen molar-refractivity contribution in [2.24, 2.45) is 11.3 Å². The van der Waals surface area contributed by atoms with Gasteiger partial charge in [0.05, 0.1) is 12.0 Å². The molecule has 2 aliphatic carbocycles. The molecule has 9 heteroatoms. The van der Waals surface area contributed by atoms with Crippen molar-refractivity contribution in [3.63, 3.8) is 0 Å². The van der Waals surface area contributed by atoms with Gasteiger partial charge in [-0.05, 0) is 46.8 Å². The molecule has 0 unspecified atom stereocenters. The van der Waals surface area contributed by atoms with Crippen molar-refractivity contribution >= 4 is 11.6 Å². The first-order valence-corrected chi connectivity index (χ1v) is 11.9. The van der Waals surface area contributed by atoms with Crippen LogP contribution in [0.25, 0.3) is 0 Å². The summed E-state index contributed by atoms with van der Waals surface area (Å²) in [6.07, 6.45) is 11.0. The molecule has 1 aliphatic heterocycles. The van der Waals surface area contributed by atoms with E-state index in [4.69, 9.17) is 9.84 Å². The number of allylic oxidation sites excluding steroid dienone is 8. The lowest BCUT2D eigenvalue weighted by atomic mass is 9.52. The molecule has 1 saturated heterocycles. The van der Waals surface area contributed by atoms with Gasteiger partial charge < -0.3 is 35.4 Å². The van der Waals surface area contributed by atoms with E-state index < -0.39 is 63.6 Å². The minimum Gasteiger partial charge on any atom is -0.508 e. The summed E-state index contributed by atoms with van der Waals surface area (Å²) in [6, 6.07) is 0. The first-order chi connectivity index (χ1) is 17.2. The molecule has 6 N–H and O–H groups in total. The Bertz CT molecular complexity index is 1230. The molecule has 0 spiro atoms. The van der Waals surface area contributed by atoms with Crippen LogP contribution in [-0.2, 0) is 14.3 Å². The molecule has 0 bridgehead atoms. The van der Waals surface area contributed by atoms with Crippen LogP contribution in [0.4, 0.5) is 0 Å². The van der Waals surface area contributed by atoms with Crippen LogP contribution in [0.5, 0.6) is 0 Å². The van der Waals surface area contributed by atoms with Crippen molar-refractivity contribution in [1.82, 2.24) is 0 Å². The zero-order valence-electron chi connectivity index (χ0n) is 21.5. The molecule has 200 valence electrons. The summed E-state index contributed by atoms with van der Waals surface area (Å²) in [7, 11) is 0. The Labute approximate surface area is 215 Å². The summed E-state index contributed by atoms with van der Waals surface area (Å²) >= 11 is 0. The smallest absolute Gasteiger partial charge is 0.209 e. The topological polar surface area (TPSA) is 165 Å². The number of ether oxygens (including phenoxy) is 1. The third-order valence-electron chi connectivity index (χ3n) is 7.63. The quantitative estimate of drug-likeness (QED) is 0.184. The van der Waals surface area contributed by atoms with Gasteiger partial charge in [0.25, 0.3) is 0 Å². The molecule has 1 saturated carbocycles. The van der Waals surface area contributed by atoms with Gasteiger partial charge in [-0.15, -0.1) is 0 Å². The molecule has 0 aromatic rings. The van der Waals surface area contributed by atoms with Crippen molar-refractivity contribution in [2.75, 3.05) is 6.61 Å². The Balaban J connectivity index is 2.38. The summed E-state index contributed by atoms with van der Waals surface area (Å²) in [4.78, 5) is 27.5. The lowest BCUT2D eigenvalue weighted by Gasteiger charge is -2.51. The highest BCUT2D eigenvalue weighted by Gasteiger charge is 2.81. The van der Waals surface area contributed by atoms with Gasteiger partial charge in [0.15, 0.2) is 11.6 Å². The molecule has 0 aromatic carbocycles. The zero-order valence-corrected chi connectivity index (χ0v) is 21.5. The fraction of sp³-hybridized carbons (Fsp3) is 0.429. The summed E-state index contributed by atoms with van der Waals surface area (Å²) in [6.45, 7) is 6.69. The Kier molecular flexibility index (Phi) is 7.33. The SMILES string of the molecule is C/C=C/C=C/C(O)=C1\C[C@](C)(O)[C@]2(O)O[C@]3(C)C(=O)C(C)=C(O)/C(=C(O)/C=C/C=C/CO)[C@@H]3[C@]2(C)C1=O. The Morgan fingerprint density at radius 1 is 1.00 bits per heavy atom. The lowest BCUT2D eigenvalue weighted by molar-refractivity contribution is -0.326. The molecular weight excluding hydrogens is 480 g/mol. The van der Waals surface area contributed by atoms with E-state index in [1.807, 2.05) is 0 Å². The van der Waals surface area contributed by atoms with Crippen LogP contribution in [0.2, 0.25) is 0 Å². The maximum Gasteiger partial charge on any atom is 0.209 e. The number of aliphatic hydroxyl groups is 6. The standard InChI is InChI=1S/C28H34O9/c1-6-7-9-12-18(30)17-15-25(3,35)28(36)26(4,24(17)34)22-20(19(31)13-10-8-11-14-29)21(32)16(2)23(33)27(22,5)37-28/h6-13,22,29-32,35-36H,14-15H2,1-5H3/b7-6+,11-8+,12-9+,13-10+,18-17-,20-19+/t22-,25+,26-,27+,28+/m1/s1. The number of carbonyl (C=O) groups excluding carboxylic acids is 2. The van der Waals surface area contributed by atoms with Gasteiger partial charge in [-0.2, -0.15) is 0 Å². The molecule has 3 aliphatic rings. The van der Waals surface area contributed by atoms with Crippen molar-refractivity contribution < 1.29 is 45.0 Å². The van der Waals surface area contributed by atoms with Crippen molar-refractivity contribution in [1.29, 1.82) is 0 Å². The zero-order chi connectivity index (χ0) is 28.0. The van der Waals surface area contributed by atoms with Gasteiger partial charge in [-0.25, -0.2) is 0 Å². The summed E-state index contributed by atoms with van der Waals surface area (Å²) in [5.41, 5.74) is -6.87. The predicted molar refractivity (Wildman–Crippen MR) is 135 cm³/mol. The van der Waals surface area contributed by atoms with E-state index >= 15 is 0 Å². The van der Waals surface area contributed by atoms with Gasteiger partial charge in [0, 0.05) is 29.1 Å². The highest BCUT2D eigenvalue weighted by Crippen LogP contribution is 2.67. The number of aliphatic hydroxyl groups excluding tert-OH is 4. The Morgan fingerprint density at radius 3 is 2.19 bits per heavy atom. The largest absolute Gasteiger partial charge is 0.508 e. The van der Waals surface area contributed by atoms with E-state index in [0.717, 1.165) is 0 Å². The maximum atomic E-state index is 14.1. The normalized spacial score (nSPS) is 39.4. The molecule has 37 heavy (non-hydrogen) atoms. The number of Topliss-reactive ketones (excluding diaryl/α,β-unsaturated/α-hetero) is 2. The van der Waals surface area contributed by atoms with Crippen molar-refractivity contribution in [3.8, 4) is 0 Å². The summed E-state index contributed by atoms with van der Waals surface area (Å²) in [5, 5.41) is 65.1. The van der Waals surface area contributed by atoms with E-state index in [1.165, 1.54) is 64.2 Å². The number of fused-ring (bicyclic) bond motifs is 3. The number of hydrogen-bond acceptors (Lipinski definition) is 9. The van der Waals surface area contributed by atoms with E-state index in [2.05, 4.69) is 0 Å². The minimum atomic E-state index is -2.64. The molecule has 9 nitrogen and oxygen atoms in total.